The number of carbonyl (C=O) groups excluding carboxylic acids is 2. The first-order valence-electron chi connectivity index (χ1n) is 12.2. The van der Waals surface area contributed by atoms with Crippen LogP contribution in [0.25, 0.3) is 21.8 Å². The third-order valence-corrected chi connectivity index (χ3v) is 7.49. The van der Waals surface area contributed by atoms with Crippen LogP contribution in [0, 0.1) is 5.41 Å². The van der Waals surface area contributed by atoms with Gasteiger partial charge in [-0.2, -0.15) is 0 Å². The number of hydrogen-bond acceptors (Lipinski definition) is 5. The van der Waals surface area contributed by atoms with Crippen LogP contribution >= 0.6 is 11.8 Å². The van der Waals surface area contributed by atoms with Crippen LogP contribution in [0.1, 0.15) is 39.6 Å². The van der Waals surface area contributed by atoms with E-state index in [1.54, 1.807) is 30.0 Å². The number of hydrogen-bond donors (Lipinski definition) is 2. The summed E-state index contributed by atoms with van der Waals surface area (Å²) in [5, 5.41) is 19.6. The number of Topliss-reactive ketones (excluding diaryl/α,β-unsaturated/α-hetero) is 1. The maximum absolute atomic E-state index is 13.1. The van der Waals surface area contributed by atoms with E-state index in [0.29, 0.717) is 28.9 Å². The Morgan fingerprint density at radius 1 is 0.811 bits per heavy atom. The van der Waals surface area contributed by atoms with E-state index in [1.807, 2.05) is 72.8 Å². The van der Waals surface area contributed by atoms with Gasteiger partial charge in [-0.1, -0.05) is 30.3 Å². The predicted molar refractivity (Wildman–Crippen MR) is 150 cm³/mol. The van der Waals surface area contributed by atoms with Crippen molar-refractivity contribution in [3.63, 3.8) is 0 Å². The van der Waals surface area contributed by atoms with Crippen molar-refractivity contribution in [1.29, 1.82) is 5.41 Å². The highest BCUT2D eigenvalue weighted by molar-refractivity contribution is 7.99. The lowest BCUT2D eigenvalue weighted by atomic mass is 9.99. The molecule has 0 aliphatic carbocycles. The normalized spacial score (nSPS) is 11.2. The number of fused-ring (bicyclic) bond motifs is 3. The molecule has 0 aliphatic rings. The Hall–Kier alpha value is -4.16. The molecule has 0 aliphatic heterocycles. The quantitative estimate of drug-likeness (QED) is 0.126. The van der Waals surface area contributed by atoms with E-state index in [4.69, 9.17) is 5.41 Å². The third kappa shape index (κ3) is 4.93. The summed E-state index contributed by atoms with van der Waals surface area (Å²) in [6.07, 6.45) is 0.342. The van der Waals surface area contributed by atoms with Gasteiger partial charge in [0.2, 0.25) is 5.78 Å². The van der Waals surface area contributed by atoms with Crippen LogP contribution < -0.4 is 0 Å². The molecule has 0 amide bonds. The van der Waals surface area contributed by atoms with E-state index in [0.717, 1.165) is 33.2 Å². The molecule has 5 rings (SSSR count). The van der Waals surface area contributed by atoms with Gasteiger partial charge in [0.15, 0.2) is 5.78 Å². The summed E-state index contributed by atoms with van der Waals surface area (Å²) in [5.41, 5.74) is 3.77. The van der Waals surface area contributed by atoms with E-state index in [2.05, 4.69) is 11.5 Å². The minimum atomic E-state index is -0.290. The van der Waals surface area contributed by atoms with Gasteiger partial charge in [-0.15, -0.1) is 11.8 Å². The maximum atomic E-state index is 13.1. The summed E-state index contributed by atoms with van der Waals surface area (Å²) in [7, 11) is 0. The Bertz CT molecular complexity index is 1640. The van der Waals surface area contributed by atoms with Gasteiger partial charge in [0.05, 0.1) is 5.71 Å². The number of aromatic hydroxyl groups is 1. The number of ketones is 2. The molecule has 0 spiro atoms. The highest BCUT2D eigenvalue weighted by atomic mass is 32.2. The Kier molecular flexibility index (Phi) is 6.93. The van der Waals surface area contributed by atoms with Crippen molar-refractivity contribution in [2.75, 3.05) is 5.75 Å². The first-order chi connectivity index (χ1) is 18.0. The summed E-state index contributed by atoms with van der Waals surface area (Å²) in [6, 6.07) is 27.4. The van der Waals surface area contributed by atoms with E-state index < -0.39 is 0 Å². The average molecular weight is 507 g/mol. The van der Waals surface area contributed by atoms with Crippen LogP contribution in [-0.2, 0) is 6.54 Å². The Balaban J connectivity index is 1.43. The van der Waals surface area contributed by atoms with Crippen LogP contribution in [0.4, 0.5) is 0 Å². The maximum Gasteiger partial charge on any atom is 0.206 e. The second-order valence-corrected chi connectivity index (χ2v) is 9.97. The minimum absolute atomic E-state index is 0.0416. The molecular weight excluding hydrogens is 480 g/mol. The summed E-state index contributed by atoms with van der Waals surface area (Å²) in [6.45, 7) is 2.83. The monoisotopic (exact) mass is 506 g/mol. The fraction of sp³-hybridized carbons (Fsp3) is 0.129. The van der Waals surface area contributed by atoms with Crippen LogP contribution in [-0.4, -0.2) is 32.7 Å². The molecule has 0 atom stereocenters. The molecule has 0 unspecified atom stereocenters. The molecule has 5 aromatic rings. The van der Waals surface area contributed by atoms with E-state index >= 15 is 0 Å². The number of phenolic OH excluding ortho intramolecular Hbond substituents is 1. The fourth-order valence-corrected chi connectivity index (χ4v) is 5.45. The Morgan fingerprint density at radius 3 is 2.08 bits per heavy atom. The first-order valence-corrected chi connectivity index (χ1v) is 13.1. The highest BCUT2D eigenvalue weighted by Gasteiger charge is 2.18. The number of nitrogens with one attached hydrogen (secondary N) is 1. The average Bonchev–Trinajstić information content (AvgIpc) is 3.25. The lowest BCUT2D eigenvalue weighted by Crippen LogP contribution is -2.14. The molecule has 37 heavy (non-hydrogen) atoms. The molecule has 0 bridgehead atoms. The van der Waals surface area contributed by atoms with Gasteiger partial charge in [0.1, 0.15) is 5.75 Å². The second-order valence-electron chi connectivity index (χ2n) is 8.80. The Morgan fingerprint density at radius 2 is 1.43 bits per heavy atom. The lowest BCUT2D eigenvalue weighted by Gasteiger charge is -2.06. The summed E-state index contributed by atoms with van der Waals surface area (Å²) in [4.78, 5) is 27.2. The van der Waals surface area contributed by atoms with Gasteiger partial charge in [-0.05, 0) is 67.6 Å². The Labute approximate surface area is 219 Å². The van der Waals surface area contributed by atoms with Crippen molar-refractivity contribution in [2.45, 2.75) is 24.8 Å². The van der Waals surface area contributed by atoms with Crippen molar-refractivity contribution < 1.29 is 14.7 Å². The third-order valence-electron chi connectivity index (χ3n) is 6.47. The molecule has 4 aromatic carbocycles. The molecule has 1 aromatic heterocycles. The zero-order chi connectivity index (χ0) is 25.9. The molecule has 0 saturated heterocycles. The largest absolute Gasteiger partial charge is 0.508 e. The lowest BCUT2D eigenvalue weighted by molar-refractivity contribution is 0.103. The standard InChI is InChI=1S/C31H26N2O3S/c1-2-33-28-14-8-21(30(35)20-6-4-3-5-7-20)18-25(28)26-19-22(9-15-29(26)33)31(36)27(32)16-17-37-24-12-10-23(34)11-13-24/h3-15,18-19,32,34H,2,16-17H2,1H3. The molecular formula is C31H26N2O3S. The van der Waals surface area contributed by atoms with E-state index in [1.165, 1.54) is 0 Å². The topological polar surface area (TPSA) is 83.2 Å². The number of rotatable bonds is 9. The van der Waals surface area contributed by atoms with Gasteiger partial charge in [-0.3, -0.25) is 9.59 Å². The number of carbonyl (C=O) groups is 2. The van der Waals surface area contributed by atoms with Crippen molar-refractivity contribution in [3.05, 3.63) is 108 Å². The number of aromatic nitrogens is 1. The molecule has 2 N–H and O–H groups in total. The van der Waals surface area contributed by atoms with Crippen LogP contribution in [0.5, 0.6) is 5.75 Å². The number of benzene rings is 4. The predicted octanol–water partition coefficient (Wildman–Crippen LogP) is 7.14. The second kappa shape index (κ2) is 10.4. The molecule has 6 heteroatoms. The summed E-state index contributed by atoms with van der Waals surface area (Å²) < 4.78 is 2.18. The number of phenols is 1. The molecule has 0 saturated carbocycles. The summed E-state index contributed by atoms with van der Waals surface area (Å²) in [5.74, 6) is 0.475. The van der Waals surface area contributed by atoms with Gasteiger partial charge >= 0.3 is 0 Å². The van der Waals surface area contributed by atoms with Gasteiger partial charge < -0.3 is 15.1 Å². The highest BCUT2D eigenvalue weighted by Crippen LogP contribution is 2.32. The van der Waals surface area contributed by atoms with Crippen molar-refractivity contribution >= 4 is 50.8 Å². The zero-order valence-electron chi connectivity index (χ0n) is 20.4. The van der Waals surface area contributed by atoms with Crippen molar-refractivity contribution in [3.8, 4) is 5.75 Å². The zero-order valence-corrected chi connectivity index (χ0v) is 21.2. The number of thioether (sulfide) groups is 1. The van der Waals surface area contributed by atoms with Crippen LogP contribution in [0.15, 0.2) is 95.9 Å². The van der Waals surface area contributed by atoms with Gasteiger partial charge in [0, 0.05) is 62.1 Å². The first kappa shape index (κ1) is 24.5. The number of nitrogens with zero attached hydrogens (tertiary/aromatic N) is 1. The van der Waals surface area contributed by atoms with Gasteiger partial charge in [-0.25, -0.2) is 0 Å². The van der Waals surface area contributed by atoms with E-state index in [-0.39, 0.29) is 23.0 Å². The molecule has 0 fully saturated rings. The SMILES string of the molecule is CCn1c2ccc(C(=O)C(=N)CCSc3ccc(O)cc3)cc2c2cc(C(=O)c3ccccc3)ccc21. The molecule has 5 nitrogen and oxygen atoms in total. The molecule has 184 valence electrons. The smallest absolute Gasteiger partial charge is 0.206 e. The fourth-order valence-electron chi connectivity index (χ4n) is 4.58. The number of aryl methyl sites for hydroxylation is 1. The van der Waals surface area contributed by atoms with Crippen LogP contribution in [0.2, 0.25) is 0 Å². The van der Waals surface area contributed by atoms with Crippen molar-refractivity contribution in [1.82, 2.24) is 4.57 Å². The minimum Gasteiger partial charge on any atom is -0.508 e. The van der Waals surface area contributed by atoms with Gasteiger partial charge in [0.25, 0.3) is 0 Å². The van der Waals surface area contributed by atoms with Crippen LogP contribution in [0.3, 0.4) is 0 Å². The molecule has 0 radical (unpaired) electrons. The molecule has 1 heterocycles. The van der Waals surface area contributed by atoms with E-state index in [9.17, 15) is 14.7 Å². The summed E-state index contributed by atoms with van der Waals surface area (Å²) >= 11 is 1.54. The van der Waals surface area contributed by atoms with Crippen molar-refractivity contribution in [2.24, 2.45) is 0 Å².